The highest BCUT2D eigenvalue weighted by molar-refractivity contribution is 9.10. The number of fused-ring (bicyclic) bond motifs is 1. The van der Waals surface area contributed by atoms with Gasteiger partial charge in [-0.05, 0) is 91.3 Å². The van der Waals surface area contributed by atoms with Crippen LogP contribution in [0.4, 0.5) is 29.3 Å². The number of hydrogen-bond donors (Lipinski definition) is 2. The molecule has 2 fully saturated rings. The number of carbonyl (C=O) groups excluding carboxylic acids is 3. The Labute approximate surface area is 267 Å². The van der Waals surface area contributed by atoms with E-state index in [4.69, 9.17) is 5.73 Å². The summed E-state index contributed by atoms with van der Waals surface area (Å²) in [5, 5.41) is 4.88. The number of thiophene rings is 1. The van der Waals surface area contributed by atoms with E-state index in [-0.39, 0.29) is 46.8 Å². The first-order chi connectivity index (χ1) is 20.8. The number of nitrogen functional groups attached to an aromatic ring is 1. The molecule has 0 spiro atoms. The van der Waals surface area contributed by atoms with Crippen molar-refractivity contribution in [1.29, 1.82) is 0 Å². The van der Waals surface area contributed by atoms with E-state index in [1.54, 1.807) is 21.1 Å². The van der Waals surface area contributed by atoms with Crippen molar-refractivity contribution in [3.05, 3.63) is 44.1 Å². The Bertz CT molecular complexity index is 1390. The highest BCUT2D eigenvalue weighted by Gasteiger charge is 2.37. The molecule has 1 aromatic heterocycles. The normalized spacial score (nSPS) is 19.2. The molecule has 1 atom stereocenters. The predicted molar refractivity (Wildman–Crippen MR) is 167 cm³/mol. The van der Waals surface area contributed by atoms with Crippen LogP contribution in [-0.4, -0.2) is 89.8 Å². The lowest BCUT2D eigenvalue weighted by atomic mass is 9.91. The van der Waals surface area contributed by atoms with E-state index in [0.717, 1.165) is 29.5 Å². The first-order valence-corrected chi connectivity index (χ1v) is 16.5. The summed E-state index contributed by atoms with van der Waals surface area (Å²) in [5.74, 6) is -1.25. The second kappa shape index (κ2) is 13.3. The van der Waals surface area contributed by atoms with E-state index in [0.29, 0.717) is 51.6 Å². The van der Waals surface area contributed by atoms with Crippen LogP contribution >= 0.6 is 27.3 Å². The van der Waals surface area contributed by atoms with Crippen LogP contribution in [0.1, 0.15) is 48.1 Å². The quantitative estimate of drug-likeness (QED) is 0.385. The van der Waals surface area contributed by atoms with Crippen molar-refractivity contribution in [1.82, 2.24) is 19.6 Å². The van der Waals surface area contributed by atoms with Gasteiger partial charge in [0.1, 0.15) is 0 Å². The van der Waals surface area contributed by atoms with Gasteiger partial charge < -0.3 is 30.7 Å². The predicted octanol–water partition coefficient (Wildman–Crippen LogP) is 5.25. The SMILES string of the molecule is CN(C)C1CCN(C(=O)C(CC(=O)N2CCC(N3Cc4sccc4NC3=O)CC2)Cc2cc(Br)c(N)c(C(F)(F)F)c2)CC1. The summed E-state index contributed by atoms with van der Waals surface area (Å²) in [4.78, 5) is 48.7. The van der Waals surface area contributed by atoms with E-state index >= 15 is 0 Å². The number of nitrogens with zero attached hydrogens (tertiary/aromatic N) is 4. The summed E-state index contributed by atoms with van der Waals surface area (Å²) >= 11 is 4.74. The fourth-order valence-corrected chi connectivity index (χ4v) is 7.80. The van der Waals surface area contributed by atoms with Gasteiger partial charge in [0.25, 0.3) is 0 Å². The molecular weight excluding hydrogens is 661 g/mol. The highest BCUT2D eigenvalue weighted by atomic mass is 79.9. The number of hydrogen-bond acceptors (Lipinski definition) is 6. The Morgan fingerprint density at radius 1 is 1.11 bits per heavy atom. The standard InChI is InChI=1S/C30H38BrF3N6O3S/c1-37(2)20-3-10-39(11-4-20)28(42)19(13-18-14-22(30(32,33)34)27(35)23(31)15-18)16-26(41)38-8-5-21(6-9-38)40-17-25-24(7-12-44-25)36-29(40)43/h7,12,14-15,19-21H,3-6,8-11,13,16-17,35H2,1-2H3,(H,36,43). The minimum atomic E-state index is -4.66. The Morgan fingerprint density at radius 3 is 2.41 bits per heavy atom. The maximum atomic E-state index is 13.8. The smallest absolute Gasteiger partial charge is 0.397 e. The fraction of sp³-hybridized carbons (Fsp3) is 0.567. The lowest BCUT2D eigenvalue weighted by Gasteiger charge is -2.40. The van der Waals surface area contributed by atoms with Crippen LogP contribution in [0.5, 0.6) is 0 Å². The second-order valence-electron chi connectivity index (χ2n) is 12.1. The monoisotopic (exact) mass is 698 g/mol. The number of anilines is 2. The molecule has 3 N–H and O–H groups in total. The van der Waals surface area contributed by atoms with Gasteiger partial charge in [0.15, 0.2) is 0 Å². The molecular formula is C30H38BrF3N6O3S. The van der Waals surface area contributed by atoms with Crippen LogP contribution in [0, 0.1) is 5.92 Å². The third-order valence-corrected chi connectivity index (χ3v) is 10.6. The maximum absolute atomic E-state index is 13.8. The number of carbonyl (C=O) groups is 3. The molecule has 0 bridgehead atoms. The van der Waals surface area contributed by atoms with Gasteiger partial charge in [-0.15, -0.1) is 11.3 Å². The summed E-state index contributed by atoms with van der Waals surface area (Å²) < 4.78 is 41.3. The van der Waals surface area contributed by atoms with Gasteiger partial charge in [-0.2, -0.15) is 13.2 Å². The molecule has 1 aromatic carbocycles. The molecule has 5 rings (SSSR count). The van der Waals surface area contributed by atoms with Crippen molar-refractivity contribution in [2.45, 2.75) is 63.3 Å². The van der Waals surface area contributed by atoms with Crippen LogP contribution in [0.25, 0.3) is 0 Å². The Kier molecular flexibility index (Phi) is 9.81. The molecule has 44 heavy (non-hydrogen) atoms. The van der Waals surface area contributed by atoms with Gasteiger partial charge in [-0.1, -0.05) is 0 Å². The Balaban J connectivity index is 1.28. The zero-order valence-corrected chi connectivity index (χ0v) is 27.2. The van der Waals surface area contributed by atoms with Gasteiger partial charge in [0, 0.05) is 54.0 Å². The molecule has 0 aliphatic carbocycles. The van der Waals surface area contributed by atoms with E-state index in [1.165, 1.54) is 6.07 Å². The number of rotatable bonds is 7. The molecule has 2 saturated heterocycles. The first-order valence-electron chi connectivity index (χ1n) is 14.8. The summed E-state index contributed by atoms with van der Waals surface area (Å²) in [6.07, 6.45) is -2.00. The van der Waals surface area contributed by atoms with Gasteiger partial charge in [0.2, 0.25) is 11.8 Å². The van der Waals surface area contributed by atoms with Gasteiger partial charge in [-0.3, -0.25) is 9.59 Å². The zero-order valence-electron chi connectivity index (χ0n) is 24.8. The van der Waals surface area contributed by atoms with Crippen molar-refractivity contribution >= 4 is 56.5 Å². The average molecular weight is 700 g/mol. The van der Waals surface area contributed by atoms with Crippen LogP contribution in [-0.2, 0) is 28.7 Å². The third kappa shape index (κ3) is 7.17. The van der Waals surface area contributed by atoms with Crippen molar-refractivity contribution in [3.8, 4) is 0 Å². The van der Waals surface area contributed by atoms with Crippen molar-refractivity contribution in [3.63, 3.8) is 0 Å². The number of likely N-dealkylation sites (tertiary alicyclic amines) is 2. The van der Waals surface area contributed by atoms with Crippen LogP contribution in [0.15, 0.2) is 28.1 Å². The molecule has 2 aromatic rings. The average Bonchev–Trinajstić information content (AvgIpc) is 3.44. The minimum absolute atomic E-state index is 0.0161. The maximum Gasteiger partial charge on any atom is 0.418 e. The molecule has 0 radical (unpaired) electrons. The Hall–Kier alpha value is -2.84. The van der Waals surface area contributed by atoms with Crippen molar-refractivity contribution < 1.29 is 27.6 Å². The molecule has 3 aliphatic rings. The number of amides is 4. The summed E-state index contributed by atoms with van der Waals surface area (Å²) in [6, 6.07) is 4.57. The number of benzene rings is 1. The zero-order chi connectivity index (χ0) is 31.8. The largest absolute Gasteiger partial charge is 0.418 e. The van der Waals surface area contributed by atoms with Gasteiger partial charge in [0.05, 0.1) is 29.4 Å². The van der Waals surface area contributed by atoms with E-state index in [1.807, 2.05) is 30.4 Å². The second-order valence-corrected chi connectivity index (χ2v) is 13.9. The first kappa shape index (κ1) is 32.6. The van der Waals surface area contributed by atoms with Crippen molar-refractivity contribution in [2.75, 3.05) is 51.3 Å². The summed E-state index contributed by atoms with van der Waals surface area (Å²) in [5.41, 5.74) is 5.47. The number of nitrogens with two attached hydrogens (primary N) is 1. The molecule has 1 unspecified atom stereocenters. The molecule has 9 nitrogen and oxygen atoms in total. The third-order valence-electron chi connectivity index (χ3n) is 9.07. The fourth-order valence-electron chi connectivity index (χ4n) is 6.47. The molecule has 4 heterocycles. The number of alkyl halides is 3. The number of urea groups is 1. The van der Waals surface area contributed by atoms with E-state index < -0.39 is 23.3 Å². The number of nitrogens with one attached hydrogen (secondary N) is 1. The minimum Gasteiger partial charge on any atom is -0.397 e. The lowest BCUT2D eigenvalue weighted by Crippen LogP contribution is -2.51. The van der Waals surface area contributed by atoms with Crippen molar-refractivity contribution in [2.24, 2.45) is 5.92 Å². The highest BCUT2D eigenvalue weighted by Crippen LogP contribution is 2.39. The van der Waals surface area contributed by atoms with Gasteiger partial charge in [-0.25, -0.2) is 4.79 Å². The summed E-state index contributed by atoms with van der Waals surface area (Å²) in [7, 11) is 4.00. The van der Waals surface area contributed by atoms with E-state index in [9.17, 15) is 27.6 Å². The summed E-state index contributed by atoms with van der Waals surface area (Å²) in [6.45, 7) is 2.47. The molecule has 0 saturated carbocycles. The van der Waals surface area contributed by atoms with Crippen LogP contribution in [0.3, 0.4) is 0 Å². The molecule has 14 heteroatoms. The molecule has 240 valence electrons. The number of halogens is 4. The van der Waals surface area contributed by atoms with Crippen LogP contribution in [0.2, 0.25) is 0 Å². The van der Waals surface area contributed by atoms with Crippen LogP contribution < -0.4 is 11.1 Å². The lowest BCUT2D eigenvalue weighted by molar-refractivity contribution is -0.143. The number of piperidine rings is 2. The molecule has 4 amide bonds. The molecule has 3 aliphatic heterocycles. The topological polar surface area (TPSA) is 102 Å². The Morgan fingerprint density at radius 2 is 1.77 bits per heavy atom. The van der Waals surface area contributed by atoms with E-state index in [2.05, 4.69) is 26.1 Å². The van der Waals surface area contributed by atoms with Gasteiger partial charge >= 0.3 is 12.2 Å².